The number of benzene rings is 1. The standard InChI is InChI=1S/C14H16BrFN2O/c1-8-11-6-17-5-10(11)7-18(8)14(19)9-2-3-13(16)12(15)4-9/h2-4,8,10-11,17H,5-7H2,1H3. The highest BCUT2D eigenvalue weighted by molar-refractivity contribution is 9.10. The van der Waals surface area contributed by atoms with E-state index in [4.69, 9.17) is 0 Å². The van der Waals surface area contributed by atoms with E-state index >= 15 is 0 Å². The van der Waals surface area contributed by atoms with Gasteiger partial charge in [-0.2, -0.15) is 0 Å². The van der Waals surface area contributed by atoms with Crippen molar-refractivity contribution in [2.75, 3.05) is 19.6 Å². The van der Waals surface area contributed by atoms with Gasteiger partial charge in [0.05, 0.1) is 4.47 Å². The molecule has 1 amide bonds. The van der Waals surface area contributed by atoms with Gasteiger partial charge in [0, 0.05) is 31.2 Å². The molecule has 0 spiro atoms. The molecule has 0 aromatic heterocycles. The van der Waals surface area contributed by atoms with E-state index in [1.54, 1.807) is 12.1 Å². The molecule has 2 aliphatic rings. The highest BCUT2D eigenvalue weighted by Crippen LogP contribution is 2.33. The van der Waals surface area contributed by atoms with Crippen LogP contribution >= 0.6 is 15.9 Å². The first-order chi connectivity index (χ1) is 9.08. The van der Waals surface area contributed by atoms with Crippen molar-refractivity contribution >= 4 is 21.8 Å². The molecule has 0 bridgehead atoms. The molecule has 1 aromatic rings. The molecule has 2 aliphatic heterocycles. The van der Waals surface area contributed by atoms with Gasteiger partial charge in [0.25, 0.3) is 5.91 Å². The summed E-state index contributed by atoms with van der Waals surface area (Å²) in [6, 6.07) is 4.70. The molecule has 3 unspecified atom stereocenters. The van der Waals surface area contributed by atoms with Gasteiger partial charge in [-0.1, -0.05) is 0 Å². The third-order valence-corrected chi connectivity index (χ3v) is 4.97. The predicted octanol–water partition coefficient (Wildman–Crippen LogP) is 2.27. The van der Waals surface area contributed by atoms with E-state index in [0.29, 0.717) is 21.9 Å². The number of hydrogen-bond acceptors (Lipinski definition) is 2. The SMILES string of the molecule is CC1C2CNCC2CN1C(=O)c1ccc(F)c(Br)c1. The third kappa shape index (κ3) is 2.19. The molecular weight excluding hydrogens is 311 g/mol. The van der Waals surface area contributed by atoms with Crippen LogP contribution < -0.4 is 5.32 Å². The average molecular weight is 327 g/mol. The van der Waals surface area contributed by atoms with Crippen LogP contribution in [0.15, 0.2) is 22.7 Å². The molecule has 5 heteroatoms. The molecule has 19 heavy (non-hydrogen) atoms. The Labute approximate surface area is 120 Å². The van der Waals surface area contributed by atoms with Crippen molar-refractivity contribution < 1.29 is 9.18 Å². The minimum Gasteiger partial charge on any atom is -0.335 e. The van der Waals surface area contributed by atoms with Crippen molar-refractivity contribution in [3.05, 3.63) is 34.1 Å². The fourth-order valence-electron chi connectivity index (χ4n) is 3.23. The van der Waals surface area contributed by atoms with Crippen molar-refractivity contribution in [1.82, 2.24) is 10.2 Å². The minimum atomic E-state index is -0.341. The van der Waals surface area contributed by atoms with Gasteiger partial charge in [0.1, 0.15) is 5.82 Å². The molecule has 2 fully saturated rings. The van der Waals surface area contributed by atoms with Crippen LogP contribution in [0.25, 0.3) is 0 Å². The molecular formula is C14H16BrFN2O. The third-order valence-electron chi connectivity index (χ3n) is 4.36. The van der Waals surface area contributed by atoms with Crippen molar-refractivity contribution in [3.8, 4) is 0 Å². The van der Waals surface area contributed by atoms with Gasteiger partial charge in [-0.15, -0.1) is 0 Å². The van der Waals surface area contributed by atoms with E-state index < -0.39 is 0 Å². The maximum atomic E-state index is 13.2. The van der Waals surface area contributed by atoms with Gasteiger partial charge in [-0.05, 0) is 52.9 Å². The normalized spacial score (nSPS) is 29.6. The molecule has 3 rings (SSSR count). The van der Waals surface area contributed by atoms with Gasteiger partial charge in [0.2, 0.25) is 0 Å². The van der Waals surface area contributed by atoms with Gasteiger partial charge in [-0.25, -0.2) is 4.39 Å². The largest absolute Gasteiger partial charge is 0.335 e. The summed E-state index contributed by atoms with van der Waals surface area (Å²) in [5.41, 5.74) is 0.549. The second-order valence-corrected chi connectivity index (χ2v) is 6.26. The molecule has 102 valence electrons. The van der Waals surface area contributed by atoms with E-state index in [1.165, 1.54) is 6.07 Å². The number of rotatable bonds is 1. The van der Waals surface area contributed by atoms with Crippen LogP contribution in [-0.2, 0) is 0 Å². The smallest absolute Gasteiger partial charge is 0.254 e. The molecule has 2 heterocycles. The summed E-state index contributed by atoms with van der Waals surface area (Å²) >= 11 is 3.13. The number of hydrogen-bond donors (Lipinski definition) is 1. The Hall–Kier alpha value is -0.940. The highest BCUT2D eigenvalue weighted by Gasteiger charge is 2.43. The number of carbonyl (C=O) groups excluding carboxylic acids is 1. The van der Waals surface area contributed by atoms with Crippen molar-refractivity contribution in [3.63, 3.8) is 0 Å². The lowest BCUT2D eigenvalue weighted by Crippen LogP contribution is -2.38. The summed E-state index contributed by atoms with van der Waals surface area (Å²) in [7, 11) is 0. The van der Waals surface area contributed by atoms with Gasteiger partial charge in [-0.3, -0.25) is 4.79 Å². The van der Waals surface area contributed by atoms with E-state index in [0.717, 1.165) is 19.6 Å². The quantitative estimate of drug-likeness (QED) is 0.858. The molecule has 0 radical (unpaired) electrons. The topological polar surface area (TPSA) is 32.3 Å². The second-order valence-electron chi connectivity index (χ2n) is 5.41. The number of carbonyl (C=O) groups is 1. The first-order valence-corrected chi connectivity index (χ1v) is 7.34. The fourth-order valence-corrected chi connectivity index (χ4v) is 3.61. The second kappa shape index (κ2) is 4.87. The fraction of sp³-hybridized carbons (Fsp3) is 0.500. The molecule has 0 aliphatic carbocycles. The Morgan fingerprint density at radius 2 is 2.26 bits per heavy atom. The number of nitrogens with one attached hydrogen (secondary N) is 1. The Balaban J connectivity index is 1.82. The summed E-state index contributed by atoms with van der Waals surface area (Å²) in [5.74, 6) is 0.769. The Morgan fingerprint density at radius 3 is 2.95 bits per heavy atom. The van der Waals surface area contributed by atoms with Crippen molar-refractivity contribution in [2.24, 2.45) is 11.8 Å². The maximum absolute atomic E-state index is 13.2. The molecule has 0 saturated carbocycles. The minimum absolute atomic E-state index is 0.00241. The average Bonchev–Trinajstić information content (AvgIpc) is 2.95. The van der Waals surface area contributed by atoms with E-state index in [-0.39, 0.29) is 17.8 Å². The Kier molecular flexibility index (Phi) is 3.35. The number of fused-ring (bicyclic) bond motifs is 1. The number of amides is 1. The van der Waals surface area contributed by atoms with Crippen LogP contribution in [0.4, 0.5) is 4.39 Å². The van der Waals surface area contributed by atoms with Gasteiger partial charge >= 0.3 is 0 Å². The van der Waals surface area contributed by atoms with Crippen molar-refractivity contribution in [1.29, 1.82) is 0 Å². The van der Waals surface area contributed by atoms with Gasteiger partial charge in [0.15, 0.2) is 0 Å². The predicted molar refractivity (Wildman–Crippen MR) is 74.4 cm³/mol. The van der Waals surface area contributed by atoms with Crippen LogP contribution in [0.1, 0.15) is 17.3 Å². The highest BCUT2D eigenvalue weighted by atomic mass is 79.9. The van der Waals surface area contributed by atoms with Crippen LogP contribution in [0.3, 0.4) is 0 Å². The Morgan fingerprint density at radius 1 is 1.47 bits per heavy atom. The van der Waals surface area contributed by atoms with E-state index in [9.17, 15) is 9.18 Å². The number of halogens is 2. The summed E-state index contributed by atoms with van der Waals surface area (Å²) in [4.78, 5) is 14.4. The molecule has 1 N–H and O–H groups in total. The summed E-state index contributed by atoms with van der Waals surface area (Å²) in [5, 5.41) is 3.38. The summed E-state index contributed by atoms with van der Waals surface area (Å²) in [6.07, 6.45) is 0. The van der Waals surface area contributed by atoms with Crippen LogP contribution in [0.5, 0.6) is 0 Å². The molecule has 1 aromatic carbocycles. The maximum Gasteiger partial charge on any atom is 0.254 e. The van der Waals surface area contributed by atoms with Crippen LogP contribution in [0, 0.1) is 17.7 Å². The molecule has 2 saturated heterocycles. The zero-order valence-corrected chi connectivity index (χ0v) is 12.3. The zero-order chi connectivity index (χ0) is 13.6. The lowest BCUT2D eigenvalue weighted by molar-refractivity contribution is 0.0728. The molecule has 3 atom stereocenters. The first kappa shape index (κ1) is 13.1. The van der Waals surface area contributed by atoms with E-state index in [2.05, 4.69) is 28.2 Å². The summed E-state index contributed by atoms with van der Waals surface area (Å²) in [6.45, 7) is 4.88. The molecule has 3 nitrogen and oxygen atoms in total. The van der Waals surface area contributed by atoms with Crippen molar-refractivity contribution in [2.45, 2.75) is 13.0 Å². The Bertz CT molecular complexity index is 522. The lowest BCUT2D eigenvalue weighted by atomic mass is 9.95. The summed E-state index contributed by atoms with van der Waals surface area (Å²) < 4.78 is 13.6. The van der Waals surface area contributed by atoms with Gasteiger partial charge < -0.3 is 10.2 Å². The lowest BCUT2D eigenvalue weighted by Gasteiger charge is -2.24. The first-order valence-electron chi connectivity index (χ1n) is 6.54. The number of likely N-dealkylation sites (tertiary alicyclic amines) is 1. The van der Waals surface area contributed by atoms with Crippen LogP contribution in [0.2, 0.25) is 0 Å². The zero-order valence-electron chi connectivity index (χ0n) is 10.7. The van der Waals surface area contributed by atoms with E-state index in [1.807, 2.05) is 4.90 Å². The number of nitrogens with zero attached hydrogens (tertiary/aromatic N) is 1. The van der Waals surface area contributed by atoms with Crippen LogP contribution in [-0.4, -0.2) is 36.5 Å². The monoisotopic (exact) mass is 326 g/mol.